The van der Waals surface area contributed by atoms with Gasteiger partial charge < -0.3 is 15.5 Å². The largest absolute Gasteiger partial charge is 0.399 e. The van der Waals surface area contributed by atoms with E-state index >= 15 is 0 Å². The smallest absolute Gasteiger partial charge is 0.136 e. The highest BCUT2D eigenvalue weighted by Crippen LogP contribution is 2.29. The lowest BCUT2D eigenvalue weighted by Gasteiger charge is -2.03. The van der Waals surface area contributed by atoms with Gasteiger partial charge in [0.25, 0.3) is 0 Å². The zero-order valence-electron chi connectivity index (χ0n) is 9.29. The molecule has 0 aliphatic carbocycles. The average molecular weight is 217 g/mol. The molecular weight excluding hydrogens is 202 g/mol. The fourth-order valence-corrected chi connectivity index (χ4v) is 2.28. The molecule has 0 saturated carbocycles. The Morgan fingerprint density at radius 1 is 1.50 bits per heavy atom. The van der Waals surface area contributed by atoms with E-state index in [1.807, 2.05) is 19.1 Å². The van der Waals surface area contributed by atoms with Gasteiger partial charge in [0, 0.05) is 12.3 Å². The van der Waals surface area contributed by atoms with Crippen LogP contribution in [0.4, 0.5) is 5.69 Å². The summed E-state index contributed by atoms with van der Waals surface area (Å²) in [7, 11) is 0. The van der Waals surface area contributed by atoms with E-state index in [0.29, 0.717) is 0 Å². The van der Waals surface area contributed by atoms with Gasteiger partial charge in [0.1, 0.15) is 11.9 Å². The van der Waals surface area contributed by atoms with Crippen LogP contribution in [0.25, 0.3) is 11.0 Å². The van der Waals surface area contributed by atoms with Crippen molar-refractivity contribution in [3.8, 4) is 0 Å². The third kappa shape index (κ3) is 1.46. The Labute approximate surface area is 93.8 Å². The van der Waals surface area contributed by atoms with Crippen molar-refractivity contribution in [2.24, 2.45) is 0 Å². The molecule has 4 heteroatoms. The van der Waals surface area contributed by atoms with Crippen LogP contribution in [0.1, 0.15) is 30.3 Å². The Balaban J connectivity index is 2.11. The molecule has 1 aliphatic rings. The van der Waals surface area contributed by atoms with Crippen LogP contribution in [0.3, 0.4) is 0 Å². The standard InChI is InChI=1S/C12H15N3O/c1-7-5-8(13)6-9-11(7)15-12(14-9)10-3-2-4-16-10/h5-6,10H,2-4,13H2,1H3,(H,14,15). The van der Waals surface area contributed by atoms with Gasteiger partial charge in [-0.25, -0.2) is 4.98 Å². The first-order valence-corrected chi connectivity index (χ1v) is 5.61. The first-order valence-electron chi connectivity index (χ1n) is 5.61. The summed E-state index contributed by atoms with van der Waals surface area (Å²) in [4.78, 5) is 7.90. The lowest BCUT2D eigenvalue weighted by atomic mass is 10.2. The predicted molar refractivity (Wildman–Crippen MR) is 63.2 cm³/mol. The monoisotopic (exact) mass is 217 g/mol. The van der Waals surface area contributed by atoms with E-state index in [0.717, 1.165) is 47.6 Å². The SMILES string of the molecule is Cc1cc(N)cc2[nH]c(C3CCCO3)nc12. The Kier molecular flexibility index (Phi) is 2.11. The second-order valence-electron chi connectivity index (χ2n) is 4.36. The van der Waals surface area contributed by atoms with Crippen molar-refractivity contribution in [2.45, 2.75) is 25.9 Å². The number of nitrogen functional groups attached to an aromatic ring is 1. The van der Waals surface area contributed by atoms with Gasteiger partial charge in [0.2, 0.25) is 0 Å². The number of H-pyrrole nitrogens is 1. The molecule has 0 amide bonds. The number of rotatable bonds is 1. The Hall–Kier alpha value is -1.55. The van der Waals surface area contributed by atoms with Crippen LogP contribution in [-0.2, 0) is 4.74 Å². The molecule has 4 nitrogen and oxygen atoms in total. The van der Waals surface area contributed by atoms with E-state index in [1.165, 1.54) is 0 Å². The van der Waals surface area contributed by atoms with Gasteiger partial charge in [-0.05, 0) is 37.5 Å². The normalized spacial score (nSPS) is 20.7. The third-order valence-electron chi connectivity index (χ3n) is 3.05. The highest BCUT2D eigenvalue weighted by Gasteiger charge is 2.21. The first-order chi connectivity index (χ1) is 7.74. The minimum absolute atomic E-state index is 0.132. The lowest BCUT2D eigenvalue weighted by molar-refractivity contribution is 0.106. The number of nitrogens with zero attached hydrogens (tertiary/aromatic N) is 1. The van der Waals surface area contributed by atoms with E-state index in [2.05, 4.69) is 9.97 Å². The number of aryl methyl sites for hydroxylation is 1. The minimum Gasteiger partial charge on any atom is -0.399 e. The summed E-state index contributed by atoms with van der Waals surface area (Å²) in [6.45, 7) is 2.86. The second-order valence-corrected chi connectivity index (χ2v) is 4.36. The maximum absolute atomic E-state index is 5.81. The van der Waals surface area contributed by atoms with Crippen LogP contribution in [0.5, 0.6) is 0 Å². The van der Waals surface area contributed by atoms with Crippen LogP contribution < -0.4 is 5.73 Å². The highest BCUT2D eigenvalue weighted by atomic mass is 16.5. The zero-order chi connectivity index (χ0) is 11.1. The lowest BCUT2D eigenvalue weighted by Crippen LogP contribution is -1.97. The summed E-state index contributed by atoms with van der Waals surface area (Å²) >= 11 is 0. The van der Waals surface area contributed by atoms with Crippen LogP contribution in [0, 0.1) is 6.92 Å². The van der Waals surface area contributed by atoms with Gasteiger partial charge in [-0.15, -0.1) is 0 Å². The van der Waals surface area contributed by atoms with Gasteiger partial charge in [-0.2, -0.15) is 0 Å². The first kappa shape index (κ1) is 9.66. The minimum atomic E-state index is 0.132. The molecule has 1 unspecified atom stereocenters. The van der Waals surface area contributed by atoms with E-state index in [-0.39, 0.29) is 6.10 Å². The van der Waals surface area contributed by atoms with Crippen LogP contribution >= 0.6 is 0 Å². The van der Waals surface area contributed by atoms with Crippen molar-refractivity contribution >= 4 is 16.7 Å². The molecule has 0 radical (unpaired) electrons. The molecule has 0 spiro atoms. The molecule has 3 N–H and O–H groups in total. The molecule has 16 heavy (non-hydrogen) atoms. The molecule has 3 rings (SSSR count). The van der Waals surface area contributed by atoms with Crippen molar-refractivity contribution in [3.05, 3.63) is 23.5 Å². The highest BCUT2D eigenvalue weighted by molar-refractivity contribution is 5.82. The summed E-state index contributed by atoms with van der Waals surface area (Å²) in [6.07, 6.45) is 2.30. The van der Waals surface area contributed by atoms with Crippen molar-refractivity contribution in [3.63, 3.8) is 0 Å². The fourth-order valence-electron chi connectivity index (χ4n) is 2.28. The number of aromatic nitrogens is 2. The van der Waals surface area contributed by atoms with E-state index < -0.39 is 0 Å². The number of hydrogen-bond acceptors (Lipinski definition) is 3. The Bertz CT molecular complexity index is 526. The van der Waals surface area contributed by atoms with E-state index in [1.54, 1.807) is 0 Å². The molecule has 2 heterocycles. The number of imidazole rings is 1. The van der Waals surface area contributed by atoms with E-state index in [9.17, 15) is 0 Å². The molecule has 1 saturated heterocycles. The quantitative estimate of drug-likeness (QED) is 0.720. The van der Waals surface area contributed by atoms with Gasteiger partial charge >= 0.3 is 0 Å². The summed E-state index contributed by atoms with van der Waals surface area (Å²) in [5.41, 5.74) is 9.69. The van der Waals surface area contributed by atoms with Crippen molar-refractivity contribution < 1.29 is 4.74 Å². The maximum atomic E-state index is 5.81. The number of nitrogens with one attached hydrogen (secondary N) is 1. The van der Waals surface area contributed by atoms with E-state index in [4.69, 9.17) is 10.5 Å². The van der Waals surface area contributed by atoms with Crippen LogP contribution in [-0.4, -0.2) is 16.6 Å². The Morgan fingerprint density at radius 2 is 2.38 bits per heavy atom. The molecule has 84 valence electrons. The molecule has 1 aliphatic heterocycles. The topological polar surface area (TPSA) is 63.9 Å². The van der Waals surface area contributed by atoms with Crippen molar-refractivity contribution in [1.29, 1.82) is 0 Å². The van der Waals surface area contributed by atoms with Crippen molar-refractivity contribution in [2.75, 3.05) is 12.3 Å². The molecule has 0 bridgehead atoms. The summed E-state index contributed by atoms with van der Waals surface area (Å²) in [6, 6.07) is 3.87. The number of nitrogens with two attached hydrogens (primary N) is 1. The maximum Gasteiger partial charge on any atom is 0.136 e. The predicted octanol–water partition coefficient (Wildman–Crippen LogP) is 2.31. The number of ether oxygens (including phenoxy) is 1. The number of fused-ring (bicyclic) bond motifs is 1. The fraction of sp³-hybridized carbons (Fsp3) is 0.417. The van der Waals surface area contributed by atoms with Gasteiger partial charge in [-0.1, -0.05) is 0 Å². The van der Waals surface area contributed by atoms with Crippen molar-refractivity contribution in [1.82, 2.24) is 9.97 Å². The average Bonchev–Trinajstić information content (AvgIpc) is 2.82. The molecular formula is C12H15N3O. The zero-order valence-corrected chi connectivity index (χ0v) is 9.29. The second kappa shape index (κ2) is 3.49. The number of aromatic amines is 1. The summed E-state index contributed by atoms with van der Waals surface area (Å²) in [5, 5.41) is 0. The van der Waals surface area contributed by atoms with Gasteiger partial charge in [-0.3, -0.25) is 0 Å². The van der Waals surface area contributed by atoms with Gasteiger partial charge in [0.15, 0.2) is 0 Å². The number of anilines is 1. The molecule has 2 aromatic rings. The summed E-state index contributed by atoms with van der Waals surface area (Å²) in [5.74, 6) is 0.932. The Morgan fingerprint density at radius 3 is 3.12 bits per heavy atom. The molecule has 1 aromatic carbocycles. The molecule has 1 atom stereocenters. The molecule has 1 fully saturated rings. The summed E-state index contributed by atoms with van der Waals surface area (Å²) < 4.78 is 5.61. The third-order valence-corrected chi connectivity index (χ3v) is 3.05. The number of hydrogen-bond donors (Lipinski definition) is 2. The number of benzene rings is 1. The van der Waals surface area contributed by atoms with Crippen LogP contribution in [0.2, 0.25) is 0 Å². The van der Waals surface area contributed by atoms with Crippen LogP contribution in [0.15, 0.2) is 12.1 Å². The molecule has 1 aromatic heterocycles. The van der Waals surface area contributed by atoms with Gasteiger partial charge in [0.05, 0.1) is 11.0 Å².